The van der Waals surface area contributed by atoms with Gasteiger partial charge < -0.3 is 9.47 Å². The molecule has 3 aromatic carbocycles. The zero-order valence-electron chi connectivity index (χ0n) is 16.5. The van der Waals surface area contributed by atoms with Crippen molar-refractivity contribution < 1.29 is 22.7 Å². The van der Waals surface area contributed by atoms with Crippen LogP contribution < -0.4 is 9.46 Å². The number of hydrogen-bond donors (Lipinski definition) is 1. The normalized spacial score (nSPS) is 11.4. The molecule has 3 rings (SSSR count). The summed E-state index contributed by atoms with van der Waals surface area (Å²) in [5, 5.41) is 1.89. The number of carbonyl (C=O) groups is 1. The quantitative estimate of drug-likeness (QED) is 0.290. The van der Waals surface area contributed by atoms with E-state index in [0.29, 0.717) is 24.7 Å². The molecule has 0 aliphatic carbocycles. The van der Waals surface area contributed by atoms with Crippen LogP contribution in [-0.2, 0) is 19.6 Å². The van der Waals surface area contributed by atoms with Crippen molar-refractivity contribution in [3.63, 3.8) is 0 Å². The van der Waals surface area contributed by atoms with E-state index in [1.54, 1.807) is 31.2 Å². The van der Waals surface area contributed by atoms with E-state index in [1.165, 1.54) is 11.8 Å². The van der Waals surface area contributed by atoms with Gasteiger partial charge in [0, 0.05) is 17.2 Å². The van der Waals surface area contributed by atoms with Gasteiger partial charge in [-0.1, -0.05) is 30.3 Å². The fraction of sp³-hybridized carbons (Fsp3) is 0.227. The van der Waals surface area contributed by atoms with Gasteiger partial charge in [-0.2, -0.15) is 0 Å². The van der Waals surface area contributed by atoms with Crippen LogP contribution in [0.15, 0.2) is 76.5 Å². The summed E-state index contributed by atoms with van der Waals surface area (Å²) in [4.78, 5) is 12.5. The third-order valence-electron chi connectivity index (χ3n) is 4.18. The van der Waals surface area contributed by atoms with Crippen molar-refractivity contribution in [2.45, 2.75) is 16.7 Å². The van der Waals surface area contributed by atoms with Crippen LogP contribution >= 0.6 is 11.8 Å². The number of ether oxygens (including phenoxy) is 2. The Morgan fingerprint density at radius 1 is 1.00 bits per heavy atom. The minimum Gasteiger partial charge on any atom is -0.482 e. The van der Waals surface area contributed by atoms with Gasteiger partial charge in [0.2, 0.25) is 10.0 Å². The molecule has 0 unspecified atom stereocenters. The zero-order valence-corrected chi connectivity index (χ0v) is 18.2. The molecule has 3 aromatic rings. The summed E-state index contributed by atoms with van der Waals surface area (Å²) < 4.78 is 37.9. The Morgan fingerprint density at radius 2 is 1.73 bits per heavy atom. The van der Waals surface area contributed by atoms with Crippen molar-refractivity contribution in [2.24, 2.45) is 0 Å². The molecule has 0 atom stereocenters. The number of fused-ring (bicyclic) bond motifs is 1. The standard InChI is InChI=1S/C22H23NO5S2/c1-2-27-22(24)16-28-19-8-10-20(11-9-19)29-14-13-23-30(25,26)21-12-7-17-5-3-4-6-18(17)15-21/h3-12,15,23H,2,13-14,16H2,1H3. The Balaban J connectivity index is 1.47. The van der Waals surface area contributed by atoms with Crippen LogP contribution in [0.4, 0.5) is 0 Å². The average molecular weight is 446 g/mol. The summed E-state index contributed by atoms with van der Waals surface area (Å²) in [6.45, 7) is 2.24. The highest BCUT2D eigenvalue weighted by molar-refractivity contribution is 7.99. The van der Waals surface area contributed by atoms with Crippen LogP contribution in [0.1, 0.15) is 6.92 Å². The number of sulfonamides is 1. The predicted octanol–water partition coefficient (Wildman–Crippen LogP) is 3.85. The van der Waals surface area contributed by atoms with Gasteiger partial charge in [-0.3, -0.25) is 0 Å². The first-order valence-corrected chi connectivity index (χ1v) is 11.9. The highest BCUT2D eigenvalue weighted by atomic mass is 32.2. The topological polar surface area (TPSA) is 81.7 Å². The molecule has 6 nitrogen and oxygen atoms in total. The highest BCUT2D eigenvalue weighted by Crippen LogP contribution is 2.22. The summed E-state index contributed by atoms with van der Waals surface area (Å²) in [5.41, 5.74) is 0. The maximum Gasteiger partial charge on any atom is 0.344 e. The largest absolute Gasteiger partial charge is 0.482 e. The van der Waals surface area contributed by atoms with Crippen LogP contribution in [0, 0.1) is 0 Å². The van der Waals surface area contributed by atoms with Gasteiger partial charge in [0.25, 0.3) is 0 Å². The lowest BCUT2D eigenvalue weighted by Crippen LogP contribution is -2.26. The predicted molar refractivity (Wildman–Crippen MR) is 118 cm³/mol. The molecule has 0 amide bonds. The van der Waals surface area contributed by atoms with Gasteiger partial charge in [0.15, 0.2) is 6.61 Å². The number of rotatable bonds is 10. The van der Waals surface area contributed by atoms with Crippen molar-refractivity contribution >= 4 is 38.5 Å². The summed E-state index contributed by atoms with van der Waals surface area (Å²) in [6, 6.07) is 20.0. The molecular weight excluding hydrogens is 422 g/mol. The fourth-order valence-electron chi connectivity index (χ4n) is 2.74. The monoisotopic (exact) mass is 445 g/mol. The fourth-order valence-corrected chi connectivity index (χ4v) is 4.70. The number of hydrogen-bond acceptors (Lipinski definition) is 6. The summed E-state index contributed by atoms with van der Waals surface area (Å²) in [6.07, 6.45) is 0. The molecule has 8 heteroatoms. The second-order valence-corrected chi connectivity index (χ2v) is 9.26. The molecule has 1 N–H and O–H groups in total. The first-order chi connectivity index (χ1) is 14.5. The smallest absolute Gasteiger partial charge is 0.344 e. The molecule has 0 spiro atoms. The van der Waals surface area contributed by atoms with E-state index < -0.39 is 16.0 Å². The van der Waals surface area contributed by atoms with E-state index >= 15 is 0 Å². The Kier molecular flexibility index (Phi) is 7.73. The average Bonchev–Trinajstić information content (AvgIpc) is 2.76. The molecule has 0 aromatic heterocycles. The summed E-state index contributed by atoms with van der Waals surface area (Å²) in [7, 11) is -3.56. The second-order valence-electron chi connectivity index (χ2n) is 6.32. The van der Waals surface area contributed by atoms with Gasteiger partial charge in [-0.25, -0.2) is 17.9 Å². The Morgan fingerprint density at radius 3 is 2.47 bits per heavy atom. The van der Waals surface area contributed by atoms with E-state index in [1.807, 2.05) is 42.5 Å². The van der Waals surface area contributed by atoms with Gasteiger partial charge in [-0.15, -0.1) is 11.8 Å². The number of esters is 1. The number of benzene rings is 3. The lowest BCUT2D eigenvalue weighted by atomic mass is 10.1. The van der Waals surface area contributed by atoms with Crippen molar-refractivity contribution in [3.05, 3.63) is 66.7 Å². The molecule has 0 radical (unpaired) electrons. The van der Waals surface area contributed by atoms with E-state index in [2.05, 4.69) is 4.72 Å². The minimum absolute atomic E-state index is 0.128. The van der Waals surface area contributed by atoms with Crippen molar-refractivity contribution in [1.29, 1.82) is 0 Å². The molecule has 0 aliphatic rings. The highest BCUT2D eigenvalue weighted by Gasteiger charge is 2.13. The maximum atomic E-state index is 12.5. The van der Waals surface area contributed by atoms with E-state index in [4.69, 9.17) is 9.47 Å². The third-order valence-corrected chi connectivity index (χ3v) is 6.65. The van der Waals surface area contributed by atoms with Gasteiger partial charge in [-0.05, 0) is 54.1 Å². The Bertz CT molecular complexity index is 1100. The molecule has 0 heterocycles. The lowest BCUT2D eigenvalue weighted by Gasteiger charge is -2.09. The molecule has 30 heavy (non-hydrogen) atoms. The molecule has 0 saturated carbocycles. The van der Waals surface area contributed by atoms with Crippen molar-refractivity contribution in [2.75, 3.05) is 25.5 Å². The summed E-state index contributed by atoms with van der Waals surface area (Å²) >= 11 is 1.53. The van der Waals surface area contributed by atoms with Crippen molar-refractivity contribution in [1.82, 2.24) is 4.72 Å². The molecule has 0 aliphatic heterocycles. The zero-order chi connectivity index (χ0) is 21.4. The van der Waals surface area contributed by atoms with Gasteiger partial charge in [0.05, 0.1) is 11.5 Å². The first kappa shape index (κ1) is 22.1. The Hall–Kier alpha value is -2.55. The molecule has 158 valence electrons. The number of carbonyl (C=O) groups excluding carboxylic acids is 1. The van der Waals surface area contributed by atoms with Crippen LogP contribution in [0.2, 0.25) is 0 Å². The van der Waals surface area contributed by atoms with E-state index in [9.17, 15) is 13.2 Å². The van der Waals surface area contributed by atoms with Crippen LogP contribution in [0.3, 0.4) is 0 Å². The molecule has 0 fully saturated rings. The second kappa shape index (κ2) is 10.5. The van der Waals surface area contributed by atoms with Crippen molar-refractivity contribution in [3.8, 4) is 5.75 Å². The van der Waals surface area contributed by atoms with Crippen LogP contribution in [0.25, 0.3) is 10.8 Å². The summed E-state index contributed by atoms with van der Waals surface area (Å²) in [5.74, 6) is 0.745. The number of thioether (sulfide) groups is 1. The first-order valence-electron chi connectivity index (χ1n) is 9.48. The molecule has 0 saturated heterocycles. The Labute approximate surface area is 180 Å². The SMILES string of the molecule is CCOC(=O)COc1ccc(SCCNS(=O)(=O)c2ccc3ccccc3c2)cc1. The van der Waals surface area contributed by atoms with Gasteiger partial charge in [0.1, 0.15) is 5.75 Å². The third kappa shape index (κ3) is 6.22. The number of nitrogens with one attached hydrogen (secondary N) is 1. The van der Waals surface area contributed by atoms with Crippen LogP contribution in [0.5, 0.6) is 5.75 Å². The van der Waals surface area contributed by atoms with Gasteiger partial charge >= 0.3 is 5.97 Å². The maximum absolute atomic E-state index is 12.5. The minimum atomic E-state index is -3.56. The molecular formula is C22H23NO5S2. The van der Waals surface area contributed by atoms with E-state index in [0.717, 1.165) is 15.7 Å². The molecule has 0 bridgehead atoms. The van der Waals surface area contributed by atoms with E-state index in [-0.39, 0.29) is 11.5 Å². The lowest BCUT2D eigenvalue weighted by molar-refractivity contribution is -0.145. The van der Waals surface area contributed by atoms with Crippen LogP contribution in [-0.4, -0.2) is 39.9 Å².